The fourth-order valence-electron chi connectivity index (χ4n) is 1.63. The van der Waals surface area contributed by atoms with E-state index in [-0.39, 0.29) is 0 Å². The largest absolute Gasteiger partial charge is 0.332 e. The van der Waals surface area contributed by atoms with E-state index in [4.69, 9.17) is 0 Å². The van der Waals surface area contributed by atoms with Gasteiger partial charge in [0.1, 0.15) is 5.82 Å². The van der Waals surface area contributed by atoms with Gasteiger partial charge in [-0.25, -0.2) is 4.98 Å². The number of aryl methyl sites for hydroxylation is 1. The molecule has 1 atom stereocenters. The minimum atomic E-state index is 0.672. The molecule has 10 heavy (non-hydrogen) atoms. The molecule has 2 heterocycles. The van der Waals surface area contributed by atoms with Gasteiger partial charge in [-0.3, -0.25) is 0 Å². The number of rotatable bonds is 0. The zero-order valence-electron chi connectivity index (χ0n) is 6.25. The van der Waals surface area contributed by atoms with Gasteiger partial charge in [0, 0.05) is 24.9 Å². The lowest BCUT2D eigenvalue weighted by molar-refractivity contribution is 0.426. The van der Waals surface area contributed by atoms with Crippen LogP contribution in [0.2, 0.25) is 0 Å². The maximum Gasteiger partial charge on any atom is 0.108 e. The topological polar surface area (TPSA) is 17.8 Å². The maximum atomic E-state index is 4.27. The van der Waals surface area contributed by atoms with E-state index in [2.05, 4.69) is 22.7 Å². The van der Waals surface area contributed by atoms with Crippen LogP contribution in [0.15, 0.2) is 12.4 Å². The first-order chi connectivity index (χ1) is 4.88. The van der Waals surface area contributed by atoms with Gasteiger partial charge in [0.25, 0.3) is 0 Å². The summed E-state index contributed by atoms with van der Waals surface area (Å²) >= 11 is 0. The van der Waals surface area contributed by atoms with Crippen molar-refractivity contribution in [2.45, 2.75) is 32.2 Å². The molecule has 0 N–H and O–H groups in total. The van der Waals surface area contributed by atoms with Crippen molar-refractivity contribution in [3.63, 3.8) is 0 Å². The van der Waals surface area contributed by atoms with Crippen LogP contribution in [-0.2, 0) is 6.42 Å². The van der Waals surface area contributed by atoms with E-state index in [0.717, 1.165) is 6.42 Å². The molecule has 0 aromatic carbocycles. The molecule has 0 fully saturated rings. The van der Waals surface area contributed by atoms with Crippen molar-refractivity contribution in [2.24, 2.45) is 0 Å². The Morgan fingerprint density at radius 3 is 3.40 bits per heavy atom. The van der Waals surface area contributed by atoms with Gasteiger partial charge in [-0.15, -0.1) is 0 Å². The predicted molar refractivity (Wildman–Crippen MR) is 39.9 cm³/mol. The molecule has 0 spiro atoms. The van der Waals surface area contributed by atoms with Gasteiger partial charge in [-0.2, -0.15) is 0 Å². The normalized spacial score (nSPS) is 24.3. The van der Waals surface area contributed by atoms with Crippen molar-refractivity contribution >= 4 is 0 Å². The predicted octanol–water partition coefficient (Wildman–Crippen LogP) is 1.78. The molecule has 0 aliphatic carbocycles. The summed E-state index contributed by atoms with van der Waals surface area (Å²) in [5.74, 6) is 1.26. The van der Waals surface area contributed by atoms with Gasteiger partial charge >= 0.3 is 0 Å². The van der Waals surface area contributed by atoms with E-state index >= 15 is 0 Å². The van der Waals surface area contributed by atoms with Crippen LogP contribution in [0, 0.1) is 0 Å². The molecule has 1 aromatic rings. The standard InChI is InChI=1S/C8H12N2/c1-7-3-2-4-8-9-5-6-10(7)8/h5-7H,2-4H2,1H3/t7-/m1/s1. The zero-order valence-corrected chi connectivity index (χ0v) is 6.25. The molecule has 1 aliphatic heterocycles. The summed E-state index contributed by atoms with van der Waals surface area (Å²) in [6, 6.07) is 0.672. The SMILES string of the molecule is C[C@@H]1CCCc2nccn21. The van der Waals surface area contributed by atoms with Crippen molar-refractivity contribution in [1.82, 2.24) is 9.55 Å². The molecule has 1 aromatic heterocycles. The fourth-order valence-corrected chi connectivity index (χ4v) is 1.63. The highest BCUT2D eigenvalue weighted by molar-refractivity contribution is 4.97. The molecule has 0 unspecified atom stereocenters. The monoisotopic (exact) mass is 136 g/mol. The van der Waals surface area contributed by atoms with E-state index in [1.807, 2.05) is 6.20 Å². The van der Waals surface area contributed by atoms with Crippen molar-refractivity contribution in [3.05, 3.63) is 18.2 Å². The summed E-state index contributed by atoms with van der Waals surface area (Å²) in [6.07, 6.45) is 7.76. The van der Waals surface area contributed by atoms with Gasteiger partial charge in [-0.1, -0.05) is 0 Å². The smallest absolute Gasteiger partial charge is 0.108 e. The Bertz CT molecular complexity index is 227. The summed E-state index contributed by atoms with van der Waals surface area (Å²) in [7, 11) is 0. The molecule has 0 amide bonds. The third-order valence-corrected chi connectivity index (χ3v) is 2.25. The van der Waals surface area contributed by atoms with E-state index in [9.17, 15) is 0 Å². The lowest BCUT2D eigenvalue weighted by Gasteiger charge is -2.20. The van der Waals surface area contributed by atoms with Gasteiger partial charge in [0.2, 0.25) is 0 Å². The lowest BCUT2D eigenvalue weighted by atomic mass is 10.1. The Morgan fingerprint density at radius 2 is 2.60 bits per heavy atom. The summed E-state index contributed by atoms with van der Waals surface area (Å²) in [6.45, 7) is 2.25. The van der Waals surface area contributed by atoms with E-state index in [0.29, 0.717) is 6.04 Å². The van der Waals surface area contributed by atoms with Crippen LogP contribution in [0.3, 0.4) is 0 Å². The number of nitrogens with zero attached hydrogens (tertiary/aromatic N) is 2. The third kappa shape index (κ3) is 0.753. The zero-order chi connectivity index (χ0) is 6.97. The first-order valence-corrected chi connectivity index (χ1v) is 3.89. The Balaban J connectivity index is 2.41. The number of hydrogen-bond acceptors (Lipinski definition) is 1. The second kappa shape index (κ2) is 2.11. The molecular formula is C8H12N2. The first-order valence-electron chi connectivity index (χ1n) is 3.89. The molecule has 0 saturated carbocycles. The van der Waals surface area contributed by atoms with Crippen LogP contribution < -0.4 is 0 Å². The van der Waals surface area contributed by atoms with Crippen LogP contribution >= 0.6 is 0 Å². The number of imidazole rings is 1. The maximum absolute atomic E-state index is 4.27. The van der Waals surface area contributed by atoms with E-state index < -0.39 is 0 Å². The third-order valence-electron chi connectivity index (χ3n) is 2.25. The minimum Gasteiger partial charge on any atom is -0.332 e. The Morgan fingerprint density at radius 1 is 1.70 bits per heavy atom. The average Bonchev–Trinajstić information content (AvgIpc) is 2.36. The van der Waals surface area contributed by atoms with E-state index in [1.165, 1.54) is 18.7 Å². The summed E-state index contributed by atoms with van der Waals surface area (Å²) in [5.41, 5.74) is 0. The number of fused-ring (bicyclic) bond motifs is 1. The van der Waals surface area contributed by atoms with Gasteiger partial charge < -0.3 is 4.57 Å². The summed E-state index contributed by atoms with van der Waals surface area (Å²) in [5, 5.41) is 0. The first kappa shape index (κ1) is 5.96. The number of aromatic nitrogens is 2. The van der Waals surface area contributed by atoms with Gasteiger partial charge in [0.15, 0.2) is 0 Å². The van der Waals surface area contributed by atoms with Gasteiger partial charge in [-0.05, 0) is 19.8 Å². The lowest BCUT2D eigenvalue weighted by Crippen LogP contribution is -2.14. The Kier molecular flexibility index (Phi) is 1.26. The quantitative estimate of drug-likeness (QED) is 0.531. The molecular weight excluding hydrogens is 124 g/mol. The van der Waals surface area contributed by atoms with Crippen LogP contribution in [-0.4, -0.2) is 9.55 Å². The minimum absolute atomic E-state index is 0.672. The molecule has 2 heteroatoms. The second-order valence-electron chi connectivity index (χ2n) is 2.99. The molecule has 0 saturated heterocycles. The van der Waals surface area contributed by atoms with Crippen molar-refractivity contribution in [1.29, 1.82) is 0 Å². The van der Waals surface area contributed by atoms with E-state index in [1.54, 1.807) is 0 Å². The molecule has 54 valence electrons. The van der Waals surface area contributed by atoms with Crippen molar-refractivity contribution in [2.75, 3.05) is 0 Å². The molecule has 0 radical (unpaired) electrons. The summed E-state index contributed by atoms with van der Waals surface area (Å²) < 4.78 is 2.28. The van der Waals surface area contributed by atoms with Crippen molar-refractivity contribution in [3.8, 4) is 0 Å². The van der Waals surface area contributed by atoms with Crippen LogP contribution in [0.25, 0.3) is 0 Å². The average molecular weight is 136 g/mol. The highest BCUT2D eigenvalue weighted by Crippen LogP contribution is 2.22. The fraction of sp³-hybridized carbons (Fsp3) is 0.625. The highest BCUT2D eigenvalue weighted by atomic mass is 15.1. The molecule has 1 aliphatic rings. The number of hydrogen-bond donors (Lipinski definition) is 0. The Labute approximate surface area is 60.9 Å². The molecule has 2 rings (SSSR count). The molecule has 0 bridgehead atoms. The van der Waals surface area contributed by atoms with Crippen LogP contribution in [0.1, 0.15) is 31.6 Å². The molecule has 2 nitrogen and oxygen atoms in total. The van der Waals surface area contributed by atoms with Gasteiger partial charge in [0.05, 0.1) is 0 Å². The summed E-state index contributed by atoms with van der Waals surface area (Å²) in [4.78, 5) is 4.27. The van der Waals surface area contributed by atoms with Crippen LogP contribution in [0.5, 0.6) is 0 Å². The second-order valence-corrected chi connectivity index (χ2v) is 2.99. The Hall–Kier alpha value is -0.790. The van der Waals surface area contributed by atoms with Crippen LogP contribution in [0.4, 0.5) is 0 Å². The highest BCUT2D eigenvalue weighted by Gasteiger charge is 2.14. The van der Waals surface area contributed by atoms with Crippen molar-refractivity contribution < 1.29 is 0 Å².